The number of furan rings is 1. The molecule has 3 aromatic carbocycles. The maximum absolute atomic E-state index is 13.1. The first-order valence-corrected chi connectivity index (χ1v) is 12.0. The highest BCUT2D eigenvalue weighted by atomic mass is 16.5. The van der Waals surface area contributed by atoms with Crippen LogP contribution in [0, 0.1) is 13.8 Å². The van der Waals surface area contributed by atoms with Crippen LogP contribution in [0.4, 0.5) is 5.69 Å². The Hall–Kier alpha value is -4.58. The second-order valence-corrected chi connectivity index (χ2v) is 8.99. The highest BCUT2D eigenvalue weighted by molar-refractivity contribution is 6.09. The number of nitrogens with zero attached hydrogens (tertiary/aromatic N) is 1. The molecule has 0 aliphatic heterocycles. The molecule has 0 atom stereocenters. The van der Waals surface area contributed by atoms with Crippen LogP contribution in [0.5, 0.6) is 11.5 Å². The third-order valence-corrected chi connectivity index (χ3v) is 6.50. The zero-order chi connectivity index (χ0) is 26.1. The molecule has 1 N–H and O–H groups in total. The number of pyridine rings is 1. The Balaban J connectivity index is 1.56. The summed E-state index contributed by atoms with van der Waals surface area (Å²) < 4.78 is 17.1. The lowest BCUT2D eigenvalue weighted by molar-refractivity contribution is -0.111. The van der Waals surface area contributed by atoms with E-state index in [0.717, 1.165) is 66.8 Å². The topological polar surface area (TPSA) is 73.6 Å². The van der Waals surface area contributed by atoms with Gasteiger partial charge in [0.2, 0.25) is 5.91 Å². The molecule has 0 saturated heterocycles. The van der Waals surface area contributed by atoms with Crippen molar-refractivity contribution in [2.75, 3.05) is 19.5 Å². The van der Waals surface area contributed by atoms with E-state index in [1.807, 2.05) is 81.4 Å². The molecule has 6 nitrogen and oxygen atoms in total. The number of rotatable bonds is 6. The zero-order valence-electron chi connectivity index (χ0n) is 21.5. The number of amides is 1. The third-order valence-electron chi connectivity index (χ3n) is 6.50. The summed E-state index contributed by atoms with van der Waals surface area (Å²) in [6.45, 7) is 5.78. The van der Waals surface area contributed by atoms with Crippen molar-refractivity contribution < 1.29 is 18.7 Å². The highest BCUT2D eigenvalue weighted by Gasteiger charge is 2.19. The van der Waals surface area contributed by atoms with Crippen molar-refractivity contribution in [1.29, 1.82) is 0 Å². The molecule has 6 heteroatoms. The maximum atomic E-state index is 13.1. The van der Waals surface area contributed by atoms with Crippen LogP contribution < -0.4 is 14.8 Å². The van der Waals surface area contributed by atoms with Crippen molar-refractivity contribution in [2.24, 2.45) is 0 Å². The second-order valence-electron chi connectivity index (χ2n) is 8.99. The number of aromatic nitrogens is 1. The summed E-state index contributed by atoms with van der Waals surface area (Å²) in [5.74, 6) is 1.21. The number of fused-ring (bicyclic) bond motifs is 2. The second kappa shape index (κ2) is 9.82. The normalized spacial score (nSPS) is 11.6. The van der Waals surface area contributed by atoms with Crippen LogP contribution >= 0.6 is 0 Å². The van der Waals surface area contributed by atoms with Gasteiger partial charge in [0, 0.05) is 39.2 Å². The molecular weight excluding hydrogens is 464 g/mol. The fourth-order valence-corrected chi connectivity index (χ4v) is 4.74. The Bertz CT molecular complexity index is 1680. The minimum atomic E-state index is -0.228. The SMILES string of the molecule is COc1cccc(-c2coc3c(C)c(OC)c(/C(C)=C/C(=O)Nc4cc(C)nc5ccccc45)cc23)c1. The number of ether oxygens (including phenoxy) is 2. The van der Waals surface area contributed by atoms with Crippen LogP contribution in [-0.4, -0.2) is 25.1 Å². The van der Waals surface area contributed by atoms with E-state index < -0.39 is 0 Å². The molecule has 5 rings (SSSR count). The average molecular weight is 493 g/mol. The highest BCUT2D eigenvalue weighted by Crippen LogP contribution is 2.41. The van der Waals surface area contributed by atoms with Gasteiger partial charge >= 0.3 is 0 Å². The van der Waals surface area contributed by atoms with E-state index in [2.05, 4.69) is 10.3 Å². The fraction of sp³-hybridized carbons (Fsp3) is 0.161. The van der Waals surface area contributed by atoms with Gasteiger partial charge < -0.3 is 19.2 Å². The third kappa shape index (κ3) is 4.54. The Kier molecular flexibility index (Phi) is 6.40. The van der Waals surface area contributed by atoms with Crippen LogP contribution in [0.15, 0.2) is 77.4 Å². The molecule has 186 valence electrons. The number of carbonyl (C=O) groups excluding carboxylic acids is 1. The summed E-state index contributed by atoms with van der Waals surface area (Å²) in [7, 11) is 3.28. The fourth-order valence-electron chi connectivity index (χ4n) is 4.74. The first-order chi connectivity index (χ1) is 17.9. The molecule has 0 unspecified atom stereocenters. The number of para-hydroxylation sites is 1. The first-order valence-electron chi connectivity index (χ1n) is 12.0. The number of aryl methyl sites for hydroxylation is 2. The van der Waals surface area contributed by atoms with Gasteiger partial charge in [-0.3, -0.25) is 9.78 Å². The summed E-state index contributed by atoms with van der Waals surface area (Å²) >= 11 is 0. The summed E-state index contributed by atoms with van der Waals surface area (Å²) in [6.07, 6.45) is 3.34. The van der Waals surface area contributed by atoms with Gasteiger partial charge in [0.25, 0.3) is 0 Å². The quantitative estimate of drug-likeness (QED) is 0.251. The molecule has 0 spiro atoms. The van der Waals surface area contributed by atoms with Gasteiger partial charge in [-0.2, -0.15) is 0 Å². The first kappa shape index (κ1) is 24.1. The Morgan fingerprint density at radius 1 is 0.973 bits per heavy atom. The van der Waals surface area contributed by atoms with Crippen LogP contribution in [0.25, 0.3) is 38.6 Å². The monoisotopic (exact) mass is 492 g/mol. The number of nitrogens with one attached hydrogen (secondary N) is 1. The van der Waals surface area contributed by atoms with Crippen LogP contribution in [0.2, 0.25) is 0 Å². The number of carbonyl (C=O) groups is 1. The van der Waals surface area contributed by atoms with E-state index in [1.54, 1.807) is 26.6 Å². The molecule has 0 radical (unpaired) electrons. The molecule has 37 heavy (non-hydrogen) atoms. The minimum Gasteiger partial charge on any atom is -0.497 e. The van der Waals surface area contributed by atoms with Crippen LogP contribution in [0.3, 0.4) is 0 Å². The zero-order valence-corrected chi connectivity index (χ0v) is 21.5. The van der Waals surface area contributed by atoms with Crippen molar-refractivity contribution in [1.82, 2.24) is 4.98 Å². The van der Waals surface area contributed by atoms with Gasteiger partial charge in [-0.05, 0) is 62.2 Å². The molecule has 2 heterocycles. The van der Waals surface area contributed by atoms with E-state index in [9.17, 15) is 4.79 Å². The van der Waals surface area contributed by atoms with Crippen molar-refractivity contribution in [3.05, 3.63) is 89.8 Å². The van der Waals surface area contributed by atoms with Gasteiger partial charge in [-0.25, -0.2) is 0 Å². The molecule has 5 aromatic rings. The number of anilines is 1. The lowest BCUT2D eigenvalue weighted by Crippen LogP contribution is -2.10. The standard InChI is InChI=1S/C31H28N2O4/c1-18(13-29(34)33-28-14-19(2)32-27-12-7-6-11-23(27)28)24-16-25-26(21-9-8-10-22(15-21)35-4)17-37-31(25)20(3)30(24)36-5/h6-17H,1-5H3,(H,32,33,34)/b18-13+. The molecule has 2 aromatic heterocycles. The summed E-state index contributed by atoms with van der Waals surface area (Å²) in [5, 5.41) is 4.86. The van der Waals surface area contributed by atoms with Crippen LogP contribution in [-0.2, 0) is 4.79 Å². The average Bonchev–Trinajstić information content (AvgIpc) is 3.33. The molecule has 0 aliphatic rings. The predicted octanol–water partition coefficient (Wildman–Crippen LogP) is 7.32. The Morgan fingerprint density at radius 3 is 2.57 bits per heavy atom. The Labute approximate surface area is 215 Å². The Morgan fingerprint density at radius 2 is 1.78 bits per heavy atom. The summed E-state index contributed by atoms with van der Waals surface area (Å²) in [5.41, 5.74) is 7.53. The molecule has 0 aliphatic carbocycles. The van der Waals surface area contributed by atoms with E-state index in [0.29, 0.717) is 5.75 Å². The van der Waals surface area contributed by atoms with Gasteiger partial charge in [0.1, 0.15) is 17.1 Å². The number of benzene rings is 3. The number of hydrogen-bond donors (Lipinski definition) is 1. The van der Waals surface area contributed by atoms with E-state index in [-0.39, 0.29) is 5.91 Å². The minimum absolute atomic E-state index is 0.228. The predicted molar refractivity (Wildman–Crippen MR) is 148 cm³/mol. The molecule has 0 bridgehead atoms. The van der Waals surface area contributed by atoms with Gasteiger partial charge in [0.05, 0.1) is 31.7 Å². The molecule has 1 amide bonds. The largest absolute Gasteiger partial charge is 0.497 e. The van der Waals surface area contributed by atoms with E-state index in [4.69, 9.17) is 13.9 Å². The van der Waals surface area contributed by atoms with Crippen molar-refractivity contribution >= 4 is 39.0 Å². The van der Waals surface area contributed by atoms with E-state index in [1.165, 1.54) is 0 Å². The maximum Gasteiger partial charge on any atom is 0.248 e. The van der Waals surface area contributed by atoms with Crippen LogP contribution in [0.1, 0.15) is 23.7 Å². The summed E-state index contributed by atoms with van der Waals surface area (Å²) in [6, 6.07) is 19.5. The molecule has 0 saturated carbocycles. The lowest BCUT2D eigenvalue weighted by atomic mass is 9.96. The van der Waals surface area contributed by atoms with E-state index >= 15 is 0 Å². The van der Waals surface area contributed by atoms with Crippen molar-refractivity contribution in [3.63, 3.8) is 0 Å². The van der Waals surface area contributed by atoms with Crippen molar-refractivity contribution in [2.45, 2.75) is 20.8 Å². The molecular formula is C31H28N2O4. The number of methoxy groups -OCH3 is 2. The van der Waals surface area contributed by atoms with Gasteiger partial charge in [-0.1, -0.05) is 30.3 Å². The van der Waals surface area contributed by atoms with Crippen molar-refractivity contribution in [3.8, 4) is 22.6 Å². The smallest absolute Gasteiger partial charge is 0.248 e. The number of hydrogen-bond acceptors (Lipinski definition) is 5. The molecule has 0 fully saturated rings. The number of allylic oxidation sites excluding steroid dienone is 1. The van der Waals surface area contributed by atoms with Gasteiger partial charge in [-0.15, -0.1) is 0 Å². The lowest BCUT2D eigenvalue weighted by Gasteiger charge is -2.14. The summed E-state index contributed by atoms with van der Waals surface area (Å²) in [4.78, 5) is 17.7. The van der Waals surface area contributed by atoms with Gasteiger partial charge in [0.15, 0.2) is 0 Å².